The van der Waals surface area contributed by atoms with Gasteiger partial charge in [0.15, 0.2) is 0 Å². The molecule has 2 N–H and O–H groups in total. The van der Waals surface area contributed by atoms with E-state index in [2.05, 4.69) is 10.3 Å². The highest BCUT2D eigenvalue weighted by Gasteiger charge is 2.19. The molecule has 0 saturated heterocycles. The van der Waals surface area contributed by atoms with E-state index in [0.717, 1.165) is 0 Å². The van der Waals surface area contributed by atoms with Gasteiger partial charge >= 0.3 is 11.7 Å². The van der Waals surface area contributed by atoms with Crippen molar-refractivity contribution in [1.29, 1.82) is 0 Å². The molecule has 7 nitrogen and oxygen atoms in total. The van der Waals surface area contributed by atoms with E-state index in [4.69, 9.17) is 5.11 Å². The lowest BCUT2D eigenvalue weighted by Gasteiger charge is -2.13. The topological polar surface area (TPSA) is 105 Å². The van der Waals surface area contributed by atoms with E-state index in [1.54, 1.807) is 19.9 Å². The van der Waals surface area contributed by atoms with Gasteiger partial charge in [-0.1, -0.05) is 0 Å². The summed E-state index contributed by atoms with van der Waals surface area (Å²) < 4.78 is 0. The molecule has 0 amide bonds. The van der Waals surface area contributed by atoms with Crippen LogP contribution >= 0.6 is 0 Å². The number of aryl methyl sites for hydroxylation is 1. The predicted molar refractivity (Wildman–Crippen MR) is 65.6 cm³/mol. The lowest BCUT2D eigenvalue weighted by atomic mass is 10.1. The number of nitrogens with one attached hydrogen (secondary N) is 1. The Bertz CT molecular complexity index is 462. The summed E-state index contributed by atoms with van der Waals surface area (Å²) in [6, 6.07) is 1.36. The largest absolute Gasteiger partial charge is 0.481 e. The molecule has 0 aliphatic carbocycles. The Morgan fingerprint density at radius 3 is 2.89 bits per heavy atom. The number of carbonyl (C=O) groups is 1. The molecule has 1 rings (SSSR count). The van der Waals surface area contributed by atoms with Gasteiger partial charge in [0.05, 0.1) is 4.92 Å². The SMILES string of the molecule is Cc1ccnc(NC(C)CCC(=O)O)c1[N+](=O)[O-]. The Balaban J connectivity index is 2.81. The fourth-order valence-corrected chi connectivity index (χ4v) is 1.53. The van der Waals surface area contributed by atoms with Crippen molar-refractivity contribution in [1.82, 2.24) is 4.98 Å². The number of anilines is 1. The summed E-state index contributed by atoms with van der Waals surface area (Å²) in [4.78, 5) is 24.8. The summed E-state index contributed by atoms with van der Waals surface area (Å²) in [5, 5.41) is 22.4. The second-order valence-electron chi connectivity index (χ2n) is 4.06. The number of nitrogens with zero attached hydrogens (tertiary/aromatic N) is 2. The van der Waals surface area contributed by atoms with Crippen LogP contribution in [0.4, 0.5) is 11.5 Å². The minimum Gasteiger partial charge on any atom is -0.481 e. The van der Waals surface area contributed by atoms with Crippen LogP contribution in [0, 0.1) is 17.0 Å². The summed E-state index contributed by atoms with van der Waals surface area (Å²) in [5.41, 5.74) is 0.447. The van der Waals surface area contributed by atoms with Crippen molar-refractivity contribution in [2.24, 2.45) is 0 Å². The molecule has 98 valence electrons. The number of aromatic nitrogens is 1. The molecule has 0 fully saturated rings. The van der Waals surface area contributed by atoms with E-state index in [1.165, 1.54) is 6.20 Å². The molecule has 0 bridgehead atoms. The van der Waals surface area contributed by atoms with E-state index in [9.17, 15) is 14.9 Å². The molecule has 1 unspecified atom stereocenters. The zero-order chi connectivity index (χ0) is 13.7. The third kappa shape index (κ3) is 3.69. The van der Waals surface area contributed by atoms with E-state index < -0.39 is 10.9 Å². The summed E-state index contributed by atoms with van der Waals surface area (Å²) >= 11 is 0. The van der Waals surface area contributed by atoms with Gasteiger partial charge in [-0.25, -0.2) is 4.98 Å². The van der Waals surface area contributed by atoms with Crippen molar-refractivity contribution < 1.29 is 14.8 Å². The first-order valence-corrected chi connectivity index (χ1v) is 5.50. The van der Waals surface area contributed by atoms with Gasteiger partial charge < -0.3 is 10.4 Å². The van der Waals surface area contributed by atoms with Crippen LogP contribution in [0.2, 0.25) is 0 Å². The number of rotatable bonds is 6. The summed E-state index contributed by atoms with van der Waals surface area (Å²) in [6.45, 7) is 3.39. The molecule has 1 aromatic rings. The van der Waals surface area contributed by atoms with E-state index >= 15 is 0 Å². The standard InChI is InChI=1S/C11H15N3O4/c1-7-5-6-12-11(10(7)14(17)18)13-8(2)3-4-9(15)16/h5-6,8H,3-4H2,1-2H3,(H,12,13)(H,15,16). The van der Waals surface area contributed by atoms with Crippen molar-refractivity contribution in [3.63, 3.8) is 0 Å². The summed E-state index contributed by atoms with van der Waals surface area (Å²) in [6.07, 6.45) is 1.87. The van der Waals surface area contributed by atoms with Gasteiger partial charge in [0.1, 0.15) is 0 Å². The number of aliphatic carboxylic acids is 1. The van der Waals surface area contributed by atoms with Crippen molar-refractivity contribution in [2.45, 2.75) is 32.7 Å². The minimum atomic E-state index is -0.893. The number of pyridine rings is 1. The quantitative estimate of drug-likeness (QED) is 0.593. The number of hydrogen-bond acceptors (Lipinski definition) is 5. The van der Waals surface area contributed by atoms with Crippen molar-refractivity contribution in [3.05, 3.63) is 27.9 Å². The Morgan fingerprint density at radius 1 is 1.67 bits per heavy atom. The predicted octanol–water partition coefficient (Wildman–Crippen LogP) is 1.96. The molecule has 1 aromatic heterocycles. The molecule has 18 heavy (non-hydrogen) atoms. The van der Waals surface area contributed by atoms with Crippen LogP contribution in [0.15, 0.2) is 12.3 Å². The van der Waals surface area contributed by atoms with Crippen molar-refractivity contribution in [2.75, 3.05) is 5.32 Å². The molecule has 1 heterocycles. The second-order valence-corrected chi connectivity index (χ2v) is 4.06. The fraction of sp³-hybridized carbons (Fsp3) is 0.455. The monoisotopic (exact) mass is 253 g/mol. The van der Waals surface area contributed by atoms with Crippen LogP contribution < -0.4 is 5.32 Å². The number of nitro groups is 1. The van der Waals surface area contributed by atoms with Crippen molar-refractivity contribution >= 4 is 17.5 Å². The maximum atomic E-state index is 10.9. The van der Waals surface area contributed by atoms with Crippen LogP contribution in [0.3, 0.4) is 0 Å². The summed E-state index contributed by atoms with van der Waals surface area (Å²) in [7, 11) is 0. The number of carboxylic acid groups (broad SMARTS) is 1. The Hall–Kier alpha value is -2.18. The first-order chi connectivity index (χ1) is 8.41. The van der Waals surface area contributed by atoms with Crippen LogP contribution in [-0.2, 0) is 4.79 Å². The van der Waals surface area contributed by atoms with Crippen LogP contribution in [0.1, 0.15) is 25.3 Å². The Labute approximate surface area is 104 Å². The van der Waals surface area contributed by atoms with Crippen molar-refractivity contribution in [3.8, 4) is 0 Å². The fourth-order valence-electron chi connectivity index (χ4n) is 1.53. The first kappa shape index (κ1) is 13.9. The van der Waals surface area contributed by atoms with Crippen LogP contribution in [-0.4, -0.2) is 27.0 Å². The Morgan fingerprint density at radius 2 is 2.33 bits per heavy atom. The highest BCUT2D eigenvalue weighted by Crippen LogP contribution is 2.26. The van der Waals surface area contributed by atoms with Crippen LogP contribution in [0.5, 0.6) is 0 Å². The van der Waals surface area contributed by atoms with Gasteiger partial charge in [-0.15, -0.1) is 0 Å². The average molecular weight is 253 g/mol. The Kier molecular flexibility index (Phi) is 4.59. The number of hydrogen-bond donors (Lipinski definition) is 2. The second kappa shape index (κ2) is 5.95. The van der Waals surface area contributed by atoms with E-state index in [-0.39, 0.29) is 24.0 Å². The number of carboxylic acids is 1. The van der Waals surface area contributed by atoms with Gasteiger partial charge in [-0.2, -0.15) is 0 Å². The molecule has 0 spiro atoms. The molecule has 1 atom stereocenters. The van der Waals surface area contributed by atoms with Gasteiger partial charge in [-0.05, 0) is 26.3 Å². The molecule has 0 saturated carbocycles. The maximum Gasteiger partial charge on any atom is 0.314 e. The van der Waals surface area contributed by atoms with Crippen LogP contribution in [0.25, 0.3) is 0 Å². The zero-order valence-corrected chi connectivity index (χ0v) is 10.2. The highest BCUT2D eigenvalue weighted by atomic mass is 16.6. The van der Waals surface area contributed by atoms with Gasteiger partial charge in [0.2, 0.25) is 5.82 Å². The smallest absolute Gasteiger partial charge is 0.314 e. The molecule has 7 heteroatoms. The molecule has 0 aliphatic heterocycles. The van der Waals surface area contributed by atoms with E-state index in [1.807, 2.05) is 0 Å². The molecule has 0 aliphatic rings. The minimum absolute atomic E-state index is 0.00772. The van der Waals surface area contributed by atoms with Gasteiger partial charge in [-0.3, -0.25) is 14.9 Å². The normalized spacial score (nSPS) is 11.9. The third-order valence-electron chi connectivity index (χ3n) is 2.48. The lowest BCUT2D eigenvalue weighted by molar-refractivity contribution is -0.384. The van der Waals surface area contributed by atoms with E-state index in [0.29, 0.717) is 12.0 Å². The highest BCUT2D eigenvalue weighted by molar-refractivity contribution is 5.67. The molecule has 0 aromatic carbocycles. The van der Waals surface area contributed by atoms with Gasteiger partial charge in [0, 0.05) is 24.2 Å². The van der Waals surface area contributed by atoms with Gasteiger partial charge in [0.25, 0.3) is 0 Å². The average Bonchev–Trinajstić information content (AvgIpc) is 2.26. The third-order valence-corrected chi connectivity index (χ3v) is 2.48. The molecular weight excluding hydrogens is 238 g/mol. The zero-order valence-electron chi connectivity index (χ0n) is 10.2. The molecular formula is C11H15N3O4. The molecule has 0 radical (unpaired) electrons. The summed E-state index contributed by atoms with van der Waals surface area (Å²) in [5.74, 6) is -0.715. The lowest BCUT2D eigenvalue weighted by Crippen LogP contribution is -2.18. The maximum absolute atomic E-state index is 10.9. The first-order valence-electron chi connectivity index (χ1n) is 5.50.